The van der Waals surface area contributed by atoms with Gasteiger partial charge in [0.25, 0.3) is 0 Å². The largest absolute Gasteiger partial charge is 0.274 e. The van der Waals surface area contributed by atoms with Crippen molar-refractivity contribution in [2.45, 2.75) is 18.8 Å². The molecule has 3 aromatic rings. The summed E-state index contributed by atoms with van der Waals surface area (Å²) in [5.41, 5.74) is 6.21. The summed E-state index contributed by atoms with van der Waals surface area (Å²) < 4.78 is 0. The number of hydrogen-bond acceptors (Lipinski definition) is 2. The fourth-order valence-electron chi connectivity index (χ4n) is 5.74. The highest BCUT2D eigenvalue weighted by molar-refractivity contribution is 6.31. The van der Waals surface area contributed by atoms with Crippen molar-refractivity contribution >= 4 is 29.1 Å². The van der Waals surface area contributed by atoms with Crippen molar-refractivity contribution in [3.8, 4) is 0 Å². The first kappa shape index (κ1) is 17.0. The van der Waals surface area contributed by atoms with E-state index in [-0.39, 0.29) is 35.5 Å². The second-order valence-corrected chi connectivity index (χ2v) is 8.64. The fraction of sp³-hybridized carbons (Fsp3) is 0.200. The molecule has 2 atom stereocenters. The Hall–Kier alpha value is -2.91. The Morgan fingerprint density at radius 1 is 0.724 bits per heavy atom. The quantitative estimate of drug-likeness (QED) is 0.537. The molecule has 1 fully saturated rings. The molecule has 1 heterocycles. The topological polar surface area (TPSA) is 37.4 Å². The first-order valence-electron chi connectivity index (χ1n) is 9.89. The van der Waals surface area contributed by atoms with E-state index in [0.717, 1.165) is 5.56 Å². The Kier molecular flexibility index (Phi) is 3.40. The van der Waals surface area contributed by atoms with E-state index >= 15 is 0 Å². The first-order chi connectivity index (χ1) is 14.1. The molecule has 4 heteroatoms. The van der Waals surface area contributed by atoms with Crippen molar-refractivity contribution in [3.05, 3.63) is 99.6 Å². The SMILES string of the molecule is Cc1ccc(Cl)cc1N1C(=O)[C@H]2C3c4ccccc4C(c4ccccc43)[C@@H]2C1=O. The van der Waals surface area contributed by atoms with Crippen LogP contribution in [0.2, 0.25) is 5.02 Å². The van der Waals surface area contributed by atoms with Crippen molar-refractivity contribution in [1.29, 1.82) is 0 Å². The molecule has 2 bridgehead atoms. The standard InChI is InChI=1S/C25H18ClNO2/c1-13-10-11-14(26)12-19(13)27-24(28)22-20-15-6-2-3-7-16(15)21(23(22)25(27)29)18-9-5-4-8-17(18)20/h2-12,20-23H,1H3/t20?,21?,22-,23-/m0/s1. The van der Waals surface area contributed by atoms with Gasteiger partial charge in [0.2, 0.25) is 11.8 Å². The molecule has 3 nitrogen and oxygen atoms in total. The van der Waals surface area contributed by atoms with Crippen LogP contribution in [-0.4, -0.2) is 11.8 Å². The zero-order valence-corrected chi connectivity index (χ0v) is 16.6. The number of imide groups is 1. The van der Waals surface area contributed by atoms with Crippen LogP contribution in [0.4, 0.5) is 5.69 Å². The fourth-order valence-corrected chi connectivity index (χ4v) is 5.90. The van der Waals surface area contributed by atoms with E-state index in [9.17, 15) is 9.59 Å². The van der Waals surface area contributed by atoms with Gasteiger partial charge in [0, 0.05) is 16.9 Å². The van der Waals surface area contributed by atoms with Gasteiger partial charge in [0.1, 0.15) is 0 Å². The average Bonchev–Trinajstić information content (AvgIpc) is 3.01. The highest BCUT2D eigenvalue weighted by Gasteiger charge is 2.61. The highest BCUT2D eigenvalue weighted by Crippen LogP contribution is 2.61. The lowest BCUT2D eigenvalue weighted by Gasteiger charge is -2.45. The lowest BCUT2D eigenvalue weighted by atomic mass is 9.55. The third-order valence-electron chi connectivity index (χ3n) is 6.86. The molecule has 0 radical (unpaired) electrons. The number of nitrogens with zero attached hydrogens (tertiary/aromatic N) is 1. The summed E-state index contributed by atoms with van der Waals surface area (Å²) in [4.78, 5) is 28.8. The normalized spacial score (nSPS) is 26.3. The minimum atomic E-state index is -0.365. The lowest BCUT2D eigenvalue weighted by Crippen LogP contribution is -2.41. The van der Waals surface area contributed by atoms with E-state index in [1.165, 1.54) is 27.2 Å². The summed E-state index contributed by atoms with van der Waals surface area (Å²) in [6, 6.07) is 21.9. The molecule has 1 saturated heterocycles. The number of halogens is 1. The maximum atomic E-state index is 13.7. The number of carbonyl (C=O) groups excluding carboxylic acids is 2. The molecule has 3 aromatic carbocycles. The Morgan fingerprint density at radius 3 is 1.62 bits per heavy atom. The molecule has 1 aliphatic heterocycles. The number of carbonyl (C=O) groups is 2. The molecule has 142 valence electrons. The number of benzene rings is 3. The smallest absolute Gasteiger partial charge is 0.238 e. The molecule has 0 aromatic heterocycles. The summed E-state index contributed by atoms with van der Waals surface area (Å²) in [6.45, 7) is 1.91. The van der Waals surface area contributed by atoms with E-state index in [0.29, 0.717) is 10.7 Å². The van der Waals surface area contributed by atoms with Crippen LogP contribution in [0, 0.1) is 18.8 Å². The summed E-state index contributed by atoms with van der Waals surface area (Å²) >= 11 is 6.21. The molecular weight excluding hydrogens is 382 g/mol. The van der Waals surface area contributed by atoms with Crippen molar-refractivity contribution in [2.24, 2.45) is 11.8 Å². The second-order valence-electron chi connectivity index (χ2n) is 8.21. The van der Waals surface area contributed by atoms with Crippen LogP contribution < -0.4 is 4.90 Å². The molecule has 0 N–H and O–H groups in total. The lowest BCUT2D eigenvalue weighted by molar-refractivity contribution is -0.122. The molecule has 0 unspecified atom stereocenters. The molecule has 0 spiro atoms. The molecule has 7 rings (SSSR count). The highest BCUT2D eigenvalue weighted by atomic mass is 35.5. The van der Waals surface area contributed by atoms with Crippen LogP contribution >= 0.6 is 11.6 Å². The van der Waals surface area contributed by atoms with Crippen molar-refractivity contribution < 1.29 is 9.59 Å². The van der Waals surface area contributed by atoms with Gasteiger partial charge in [0.15, 0.2) is 0 Å². The zero-order chi connectivity index (χ0) is 19.9. The van der Waals surface area contributed by atoms with E-state index in [2.05, 4.69) is 24.3 Å². The number of aryl methyl sites for hydroxylation is 1. The molecule has 2 amide bonds. The van der Waals surface area contributed by atoms with Gasteiger partial charge < -0.3 is 0 Å². The molecular formula is C25H18ClNO2. The van der Waals surface area contributed by atoms with E-state index in [1.54, 1.807) is 12.1 Å². The third-order valence-corrected chi connectivity index (χ3v) is 7.10. The second kappa shape index (κ2) is 5.80. The first-order valence-corrected chi connectivity index (χ1v) is 10.3. The van der Waals surface area contributed by atoms with Gasteiger partial charge in [-0.1, -0.05) is 66.2 Å². The van der Waals surface area contributed by atoms with Gasteiger partial charge in [-0.2, -0.15) is 0 Å². The van der Waals surface area contributed by atoms with E-state index in [1.807, 2.05) is 37.3 Å². The summed E-state index contributed by atoms with van der Waals surface area (Å²) in [6.07, 6.45) is 0. The average molecular weight is 400 g/mol. The number of hydrogen-bond donors (Lipinski definition) is 0. The maximum Gasteiger partial charge on any atom is 0.238 e. The zero-order valence-electron chi connectivity index (χ0n) is 15.8. The van der Waals surface area contributed by atoms with Gasteiger partial charge in [-0.15, -0.1) is 0 Å². The van der Waals surface area contributed by atoms with Crippen molar-refractivity contribution in [2.75, 3.05) is 4.90 Å². The molecule has 4 aliphatic rings. The van der Waals surface area contributed by atoms with E-state index in [4.69, 9.17) is 11.6 Å². The Labute approximate surface area is 173 Å². The van der Waals surface area contributed by atoms with Gasteiger partial charge >= 0.3 is 0 Å². The third kappa shape index (κ3) is 2.09. The van der Waals surface area contributed by atoms with Gasteiger partial charge in [0.05, 0.1) is 17.5 Å². The van der Waals surface area contributed by atoms with Crippen molar-refractivity contribution in [1.82, 2.24) is 0 Å². The molecule has 0 saturated carbocycles. The van der Waals surface area contributed by atoms with Crippen LogP contribution in [0.1, 0.15) is 39.7 Å². The molecule has 3 aliphatic carbocycles. The van der Waals surface area contributed by atoms with Crippen molar-refractivity contribution in [3.63, 3.8) is 0 Å². The minimum Gasteiger partial charge on any atom is -0.274 e. The van der Waals surface area contributed by atoms with Crippen LogP contribution in [0.5, 0.6) is 0 Å². The number of anilines is 1. The van der Waals surface area contributed by atoms with Crippen LogP contribution in [0.15, 0.2) is 66.7 Å². The van der Waals surface area contributed by atoms with Gasteiger partial charge in [-0.3, -0.25) is 9.59 Å². The Bertz CT molecular complexity index is 1100. The molecule has 29 heavy (non-hydrogen) atoms. The number of amides is 2. The summed E-state index contributed by atoms with van der Waals surface area (Å²) in [5.74, 6) is -1.11. The van der Waals surface area contributed by atoms with Gasteiger partial charge in [-0.25, -0.2) is 4.90 Å². The summed E-state index contributed by atoms with van der Waals surface area (Å²) in [7, 11) is 0. The predicted octanol–water partition coefficient (Wildman–Crippen LogP) is 5.05. The summed E-state index contributed by atoms with van der Waals surface area (Å²) in [5, 5.41) is 0.524. The monoisotopic (exact) mass is 399 g/mol. The van der Waals surface area contributed by atoms with Crippen LogP contribution in [0.25, 0.3) is 0 Å². The predicted molar refractivity (Wildman–Crippen MR) is 112 cm³/mol. The Morgan fingerprint density at radius 2 is 1.17 bits per heavy atom. The van der Waals surface area contributed by atoms with Gasteiger partial charge in [-0.05, 0) is 46.9 Å². The van der Waals surface area contributed by atoms with E-state index < -0.39 is 0 Å². The van der Waals surface area contributed by atoms with Crippen LogP contribution in [-0.2, 0) is 9.59 Å². The minimum absolute atomic E-state index is 0.0849. The van der Waals surface area contributed by atoms with Crippen LogP contribution in [0.3, 0.4) is 0 Å². The number of rotatable bonds is 1. The Balaban J connectivity index is 1.58. The maximum absolute atomic E-state index is 13.7.